The number of nitrogens with one attached hydrogen (secondary N) is 1. The first kappa shape index (κ1) is 22.8. The number of rotatable bonds is 7. The summed E-state index contributed by atoms with van der Waals surface area (Å²) < 4.78 is 40.0. The van der Waals surface area contributed by atoms with Crippen LogP contribution in [0.5, 0.6) is 0 Å². The summed E-state index contributed by atoms with van der Waals surface area (Å²) in [6.07, 6.45) is 4.93. The predicted molar refractivity (Wildman–Crippen MR) is 117 cm³/mol. The van der Waals surface area contributed by atoms with Crippen molar-refractivity contribution >= 4 is 17.6 Å². The molecule has 6 nitrogen and oxygen atoms in total. The Labute approximate surface area is 190 Å². The average molecular weight is 458 g/mol. The Morgan fingerprint density at radius 3 is 2.61 bits per heavy atom. The predicted octanol–water partition coefficient (Wildman–Crippen LogP) is 4.45. The van der Waals surface area contributed by atoms with Crippen LogP contribution >= 0.6 is 0 Å². The highest BCUT2D eigenvalue weighted by Gasteiger charge is 2.36. The van der Waals surface area contributed by atoms with Gasteiger partial charge in [0.15, 0.2) is 0 Å². The number of carbonyl (C=O) groups excluding carboxylic acids is 2. The molecule has 174 valence electrons. The molecule has 1 aliphatic heterocycles. The number of aromatic nitrogens is 1. The van der Waals surface area contributed by atoms with Gasteiger partial charge >= 0.3 is 6.18 Å². The highest BCUT2D eigenvalue weighted by molar-refractivity contribution is 5.96. The molecule has 2 amide bonds. The zero-order valence-corrected chi connectivity index (χ0v) is 18.0. The Morgan fingerprint density at radius 2 is 1.91 bits per heavy atom. The van der Waals surface area contributed by atoms with Crippen molar-refractivity contribution in [2.75, 3.05) is 24.7 Å². The fourth-order valence-corrected chi connectivity index (χ4v) is 3.77. The molecule has 1 aromatic heterocycles. The van der Waals surface area contributed by atoms with E-state index < -0.39 is 17.6 Å². The monoisotopic (exact) mass is 458 g/mol. The number of halogens is 3. The van der Waals surface area contributed by atoms with Gasteiger partial charge in [-0.3, -0.25) is 9.59 Å². The van der Waals surface area contributed by atoms with Gasteiger partial charge in [0.25, 0.3) is 11.8 Å². The molecule has 33 heavy (non-hydrogen) atoms. The van der Waals surface area contributed by atoms with Crippen molar-refractivity contribution in [2.24, 2.45) is 5.92 Å². The number of amides is 2. The summed E-state index contributed by atoms with van der Waals surface area (Å²) in [5.41, 5.74) is -0.915. The summed E-state index contributed by atoms with van der Waals surface area (Å²) in [6.45, 7) is 0.854. The van der Waals surface area contributed by atoms with Crippen molar-refractivity contribution in [3.05, 3.63) is 71.6 Å². The molecule has 1 saturated carbocycles. The van der Waals surface area contributed by atoms with Crippen LogP contribution in [0.15, 0.2) is 54.9 Å². The highest BCUT2D eigenvalue weighted by atomic mass is 19.4. The van der Waals surface area contributed by atoms with E-state index in [4.69, 9.17) is 0 Å². The molecule has 2 aliphatic rings. The maximum atomic E-state index is 13.3. The summed E-state index contributed by atoms with van der Waals surface area (Å²) in [5, 5.41) is 2.89. The van der Waals surface area contributed by atoms with Gasteiger partial charge in [-0.15, -0.1) is 0 Å². The van der Waals surface area contributed by atoms with Gasteiger partial charge in [0.1, 0.15) is 5.82 Å². The molecule has 1 fully saturated rings. The zero-order valence-electron chi connectivity index (χ0n) is 18.0. The van der Waals surface area contributed by atoms with E-state index in [-0.39, 0.29) is 24.7 Å². The van der Waals surface area contributed by atoms with Gasteiger partial charge in [0.2, 0.25) is 0 Å². The summed E-state index contributed by atoms with van der Waals surface area (Å²) in [5.74, 6) is 0.408. The molecular formula is C24H25F3N4O2. The minimum absolute atomic E-state index is 0.0429. The lowest BCUT2D eigenvalue weighted by Crippen LogP contribution is -2.43. The van der Waals surface area contributed by atoms with E-state index in [0.717, 1.165) is 24.8 Å². The Kier molecular flexibility index (Phi) is 6.67. The van der Waals surface area contributed by atoms with E-state index in [0.29, 0.717) is 17.9 Å². The largest absolute Gasteiger partial charge is 0.417 e. The standard InChI is InChI=1S/C24H25F3N4O2/c25-24(26,27)20-7-2-1-6-19(20)23(33)31-14-4-13-30(16-31)21-11-10-18(15-29-21)22(32)28-12-3-5-17-8-9-17/h1-2,4,6-7,10-11,13,15,17H,3,5,8-9,12,14,16H2,(H,28,32). The first-order chi connectivity index (χ1) is 15.8. The normalized spacial score (nSPS) is 16.1. The summed E-state index contributed by atoms with van der Waals surface area (Å²) >= 11 is 0. The number of pyridine rings is 1. The van der Waals surface area contributed by atoms with Gasteiger partial charge in [0, 0.05) is 25.5 Å². The van der Waals surface area contributed by atoms with Crippen molar-refractivity contribution in [3.8, 4) is 0 Å². The van der Waals surface area contributed by atoms with E-state index in [2.05, 4.69) is 10.3 Å². The molecular weight excluding hydrogens is 433 g/mol. The molecule has 0 saturated heterocycles. The quantitative estimate of drug-likeness (QED) is 0.623. The molecule has 0 bridgehead atoms. The molecule has 2 heterocycles. The van der Waals surface area contributed by atoms with Gasteiger partial charge in [-0.2, -0.15) is 13.2 Å². The third-order valence-electron chi connectivity index (χ3n) is 5.76. The van der Waals surface area contributed by atoms with Crippen LogP contribution in [-0.2, 0) is 6.18 Å². The van der Waals surface area contributed by atoms with Gasteiger partial charge in [0.05, 0.1) is 23.4 Å². The number of carbonyl (C=O) groups is 2. The van der Waals surface area contributed by atoms with Crippen LogP contribution < -0.4 is 10.2 Å². The summed E-state index contributed by atoms with van der Waals surface area (Å²) in [7, 11) is 0. The molecule has 2 aromatic rings. The maximum Gasteiger partial charge on any atom is 0.417 e. The Hall–Kier alpha value is -3.36. The van der Waals surface area contributed by atoms with E-state index in [9.17, 15) is 22.8 Å². The number of anilines is 1. The van der Waals surface area contributed by atoms with E-state index >= 15 is 0 Å². The SMILES string of the molecule is O=C(NCCCC1CC1)c1ccc(N2C=CCN(C(=O)c3ccccc3C(F)(F)F)C2)nc1. The first-order valence-corrected chi connectivity index (χ1v) is 11.0. The van der Waals surface area contributed by atoms with Crippen LogP contribution in [0, 0.1) is 5.92 Å². The second kappa shape index (κ2) is 9.64. The zero-order chi connectivity index (χ0) is 23.4. The number of alkyl halides is 3. The molecule has 1 aliphatic carbocycles. The van der Waals surface area contributed by atoms with Crippen molar-refractivity contribution in [1.82, 2.24) is 15.2 Å². The topological polar surface area (TPSA) is 65.5 Å². The highest BCUT2D eigenvalue weighted by Crippen LogP contribution is 2.33. The van der Waals surface area contributed by atoms with Crippen LogP contribution in [0.2, 0.25) is 0 Å². The van der Waals surface area contributed by atoms with E-state index in [1.807, 2.05) is 0 Å². The Balaban J connectivity index is 1.38. The fraction of sp³-hybridized carbons (Fsp3) is 0.375. The molecule has 9 heteroatoms. The number of nitrogens with zero attached hydrogens (tertiary/aromatic N) is 3. The minimum atomic E-state index is -4.62. The van der Waals surface area contributed by atoms with Crippen molar-refractivity contribution in [2.45, 2.75) is 31.9 Å². The number of benzene rings is 1. The lowest BCUT2D eigenvalue weighted by molar-refractivity contribution is -0.138. The van der Waals surface area contributed by atoms with Crippen LogP contribution in [-0.4, -0.2) is 41.5 Å². The molecule has 0 unspecified atom stereocenters. The average Bonchev–Trinajstić information content (AvgIpc) is 3.65. The van der Waals surface area contributed by atoms with E-state index in [1.165, 1.54) is 42.1 Å². The Bertz CT molecular complexity index is 1030. The Morgan fingerprint density at radius 1 is 1.12 bits per heavy atom. The lowest BCUT2D eigenvalue weighted by atomic mass is 10.1. The second-order valence-electron chi connectivity index (χ2n) is 8.31. The first-order valence-electron chi connectivity index (χ1n) is 11.0. The van der Waals surface area contributed by atoms with Gasteiger partial charge in [-0.05, 0) is 49.1 Å². The van der Waals surface area contributed by atoms with Crippen molar-refractivity contribution in [1.29, 1.82) is 0 Å². The lowest BCUT2D eigenvalue weighted by Gasteiger charge is -2.32. The van der Waals surface area contributed by atoms with Crippen LogP contribution in [0.4, 0.5) is 19.0 Å². The number of hydrogen-bond acceptors (Lipinski definition) is 4. The second-order valence-corrected chi connectivity index (χ2v) is 8.31. The molecule has 4 rings (SSSR count). The molecule has 1 N–H and O–H groups in total. The molecule has 0 atom stereocenters. The minimum Gasteiger partial charge on any atom is -0.352 e. The summed E-state index contributed by atoms with van der Waals surface area (Å²) in [6, 6.07) is 8.06. The molecule has 0 spiro atoms. The van der Waals surface area contributed by atoms with Gasteiger partial charge in [-0.25, -0.2) is 4.98 Å². The third kappa shape index (κ3) is 5.71. The van der Waals surface area contributed by atoms with Crippen LogP contribution in [0.1, 0.15) is 52.0 Å². The van der Waals surface area contributed by atoms with Crippen LogP contribution in [0.3, 0.4) is 0 Å². The van der Waals surface area contributed by atoms with Crippen LogP contribution in [0.25, 0.3) is 0 Å². The van der Waals surface area contributed by atoms with Gasteiger partial charge in [-0.1, -0.05) is 25.0 Å². The fourth-order valence-electron chi connectivity index (χ4n) is 3.77. The summed E-state index contributed by atoms with van der Waals surface area (Å²) in [4.78, 5) is 32.4. The maximum absolute atomic E-state index is 13.3. The van der Waals surface area contributed by atoms with Crippen molar-refractivity contribution < 1.29 is 22.8 Å². The molecule has 0 radical (unpaired) electrons. The number of hydrogen-bond donors (Lipinski definition) is 1. The smallest absolute Gasteiger partial charge is 0.352 e. The third-order valence-corrected chi connectivity index (χ3v) is 5.76. The molecule has 1 aromatic carbocycles. The van der Waals surface area contributed by atoms with E-state index in [1.54, 1.807) is 29.3 Å². The van der Waals surface area contributed by atoms with Crippen molar-refractivity contribution in [3.63, 3.8) is 0 Å². The van der Waals surface area contributed by atoms with Gasteiger partial charge < -0.3 is 15.1 Å².